The van der Waals surface area contributed by atoms with E-state index in [0.717, 1.165) is 19.6 Å². The molecule has 0 aliphatic carbocycles. The number of nitrogens with one attached hydrogen (secondary N) is 2. The van der Waals surface area contributed by atoms with Gasteiger partial charge in [0.15, 0.2) is 9.84 Å². The third-order valence-corrected chi connectivity index (χ3v) is 4.68. The third kappa shape index (κ3) is 2.81. The molecule has 0 radical (unpaired) electrons. The molecule has 102 valence electrons. The number of aromatic nitrogens is 3. The molecule has 1 fully saturated rings. The molecule has 1 aliphatic rings. The Morgan fingerprint density at radius 1 is 1.50 bits per heavy atom. The largest absolute Gasteiger partial charge is 0.337 e. The minimum Gasteiger partial charge on any atom is -0.337 e. The van der Waals surface area contributed by atoms with Crippen molar-refractivity contribution in [2.75, 3.05) is 30.8 Å². The number of H-pyrrole nitrogens is 1. The summed E-state index contributed by atoms with van der Waals surface area (Å²) in [7, 11) is -3.15. The van der Waals surface area contributed by atoms with Crippen molar-refractivity contribution < 1.29 is 8.42 Å². The highest BCUT2D eigenvalue weighted by molar-refractivity contribution is 7.90. The summed E-state index contributed by atoms with van der Waals surface area (Å²) in [5.74, 6) is 0.979. The van der Waals surface area contributed by atoms with E-state index in [2.05, 4.69) is 32.3 Å². The highest BCUT2D eigenvalue weighted by atomic mass is 32.2. The molecule has 1 aliphatic heterocycles. The van der Waals surface area contributed by atoms with Crippen LogP contribution in [0, 0.1) is 0 Å². The average Bonchev–Trinajstić information content (AvgIpc) is 2.75. The number of aromatic amines is 1. The number of piperazine rings is 1. The van der Waals surface area contributed by atoms with Gasteiger partial charge in [-0.3, -0.25) is 5.10 Å². The van der Waals surface area contributed by atoms with Crippen LogP contribution >= 0.6 is 0 Å². The van der Waals surface area contributed by atoms with Crippen LogP contribution in [-0.4, -0.2) is 55.5 Å². The van der Waals surface area contributed by atoms with E-state index in [4.69, 9.17) is 0 Å². The predicted molar refractivity (Wildman–Crippen MR) is 69.3 cm³/mol. The molecule has 1 unspecified atom stereocenters. The minimum absolute atomic E-state index is 0.382. The third-order valence-electron chi connectivity index (χ3n) is 3.17. The zero-order valence-electron chi connectivity index (χ0n) is 10.8. The standard InChI is InChI=1S/C10H19N5O2S/c1-7-6-15(5-4-11-7)10-12-9(13-14-10)8(2)18(3,16)17/h7-8,11H,4-6H2,1-3H3,(H,12,13,14)/t7-,8?/m1/s1. The molecule has 18 heavy (non-hydrogen) atoms. The summed E-state index contributed by atoms with van der Waals surface area (Å²) in [6.07, 6.45) is 1.20. The molecule has 2 heterocycles. The maximum Gasteiger partial charge on any atom is 0.244 e. The van der Waals surface area contributed by atoms with E-state index < -0.39 is 15.1 Å². The Bertz CT molecular complexity index is 512. The van der Waals surface area contributed by atoms with Gasteiger partial charge in [-0.2, -0.15) is 4.98 Å². The van der Waals surface area contributed by atoms with Gasteiger partial charge < -0.3 is 10.2 Å². The maximum absolute atomic E-state index is 11.5. The minimum atomic E-state index is -3.15. The molecule has 2 rings (SSSR count). The normalized spacial score (nSPS) is 23.1. The van der Waals surface area contributed by atoms with Gasteiger partial charge in [0.2, 0.25) is 5.95 Å². The van der Waals surface area contributed by atoms with Crippen LogP contribution in [0.15, 0.2) is 0 Å². The predicted octanol–water partition coefficient (Wildman–Crippen LogP) is -0.292. The molecule has 8 heteroatoms. The van der Waals surface area contributed by atoms with Gasteiger partial charge in [-0.25, -0.2) is 8.42 Å². The van der Waals surface area contributed by atoms with Crippen molar-refractivity contribution in [3.63, 3.8) is 0 Å². The number of sulfone groups is 1. The number of anilines is 1. The fourth-order valence-corrected chi connectivity index (χ4v) is 2.42. The smallest absolute Gasteiger partial charge is 0.244 e. The van der Waals surface area contributed by atoms with E-state index in [1.807, 2.05) is 0 Å². The van der Waals surface area contributed by atoms with Crippen molar-refractivity contribution in [2.45, 2.75) is 25.1 Å². The van der Waals surface area contributed by atoms with Gasteiger partial charge in [0, 0.05) is 31.9 Å². The molecule has 0 aromatic carbocycles. The molecular weight excluding hydrogens is 254 g/mol. The van der Waals surface area contributed by atoms with Crippen molar-refractivity contribution in [3.8, 4) is 0 Å². The first kappa shape index (κ1) is 13.3. The van der Waals surface area contributed by atoms with Crippen molar-refractivity contribution in [1.29, 1.82) is 0 Å². The van der Waals surface area contributed by atoms with E-state index >= 15 is 0 Å². The van der Waals surface area contributed by atoms with Gasteiger partial charge in [0.1, 0.15) is 11.1 Å². The first-order chi connectivity index (χ1) is 8.38. The van der Waals surface area contributed by atoms with E-state index in [1.54, 1.807) is 6.92 Å². The molecule has 0 bridgehead atoms. The van der Waals surface area contributed by atoms with Gasteiger partial charge in [0.25, 0.3) is 0 Å². The molecule has 2 atom stereocenters. The number of hydrogen-bond donors (Lipinski definition) is 2. The van der Waals surface area contributed by atoms with Crippen molar-refractivity contribution >= 4 is 15.8 Å². The summed E-state index contributed by atoms with van der Waals surface area (Å²) in [4.78, 5) is 6.34. The molecule has 0 spiro atoms. The van der Waals surface area contributed by atoms with Crippen molar-refractivity contribution in [3.05, 3.63) is 5.82 Å². The van der Waals surface area contributed by atoms with Gasteiger partial charge in [0.05, 0.1) is 0 Å². The van der Waals surface area contributed by atoms with Crippen LogP contribution in [0.5, 0.6) is 0 Å². The van der Waals surface area contributed by atoms with E-state index in [-0.39, 0.29) is 0 Å². The van der Waals surface area contributed by atoms with Crippen LogP contribution in [0.4, 0.5) is 5.95 Å². The summed E-state index contributed by atoms with van der Waals surface area (Å²) in [6, 6.07) is 0.382. The molecular formula is C10H19N5O2S. The topological polar surface area (TPSA) is 91.0 Å². The highest BCUT2D eigenvalue weighted by Gasteiger charge is 2.24. The Balaban J connectivity index is 2.15. The second kappa shape index (κ2) is 4.85. The summed E-state index contributed by atoms with van der Waals surface area (Å²) in [6.45, 7) is 6.24. The van der Waals surface area contributed by atoms with Gasteiger partial charge in [-0.15, -0.1) is 5.10 Å². The molecule has 7 nitrogen and oxygen atoms in total. The first-order valence-corrected chi connectivity index (χ1v) is 7.93. The summed E-state index contributed by atoms with van der Waals surface area (Å²) < 4.78 is 22.9. The second-order valence-corrected chi connectivity index (χ2v) is 7.16. The molecule has 0 saturated carbocycles. The van der Waals surface area contributed by atoms with Gasteiger partial charge >= 0.3 is 0 Å². The fourth-order valence-electron chi connectivity index (χ4n) is 1.90. The lowest BCUT2D eigenvalue weighted by atomic mass is 10.2. The second-order valence-electron chi connectivity index (χ2n) is 4.79. The number of nitrogens with zero attached hydrogens (tertiary/aromatic N) is 3. The maximum atomic E-state index is 11.5. The Labute approximate surface area is 107 Å². The zero-order valence-corrected chi connectivity index (χ0v) is 11.7. The van der Waals surface area contributed by atoms with Crippen LogP contribution in [0.1, 0.15) is 24.9 Å². The zero-order chi connectivity index (χ0) is 13.3. The number of rotatable bonds is 3. The first-order valence-electron chi connectivity index (χ1n) is 5.97. The van der Waals surface area contributed by atoms with E-state index in [1.165, 1.54) is 6.26 Å². The van der Waals surface area contributed by atoms with E-state index in [0.29, 0.717) is 17.8 Å². The van der Waals surface area contributed by atoms with Crippen molar-refractivity contribution in [2.24, 2.45) is 0 Å². The highest BCUT2D eigenvalue weighted by Crippen LogP contribution is 2.19. The van der Waals surface area contributed by atoms with Crippen molar-refractivity contribution in [1.82, 2.24) is 20.5 Å². The molecule has 0 amide bonds. The molecule has 1 saturated heterocycles. The van der Waals surface area contributed by atoms with Crippen LogP contribution in [0.3, 0.4) is 0 Å². The molecule has 1 aromatic rings. The molecule has 2 N–H and O–H groups in total. The van der Waals surface area contributed by atoms with Gasteiger partial charge in [-0.05, 0) is 13.8 Å². The van der Waals surface area contributed by atoms with E-state index in [9.17, 15) is 8.42 Å². The Morgan fingerprint density at radius 2 is 2.22 bits per heavy atom. The quantitative estimate of drug-likeness (QED) is 0.786. The lowest BCUT2D eigenvalue weighted by Crippen LogP contribution is -2.49. The Morgan fingerprint density at radius 3 is 2.83 bits per heavy atom. The van der Waals surface area contributed by atoms with Crippen LogP contribution in [-0.2, 0) is 9.84 Å². The van der Waals surface area contributed by atoms with Crippen LogP contribution in [0.25, 0.3) is 0 Å². The fraction of sp³-hybridized carbons (Fsp3) is 0.800. The lowest BCUT2D eigenvalue weighted by Gasteiger charge is -2.30. The SMILES string of the molecule is CC(c1nc(N2CCN[C@H](C)C2)n[nH]1)S(C)(=O)=O. The average molecular weight is 273 g/mol. The summed E-state index contributed by atoms with van der Waals surface area (Å²) in [5, 5.41) is 9.51. The number of hydrogen-bond acceptors (Lipinski definition) is 6. The Hall–Kier alpha value is -1.15. The Kier molecular flexibility index (Phi) is 3.58. The molecule has 1 aromatic heterocycles. The monoisotopic (exact) mass is 273 g/mol. The van der Waals surface area contributed by atoms with Crippen LogP contribution < -0.4 is 10.2 Å². The summed E-state index contributed by atoms with van der Waals surface area (Å²) >= 11 is 0. The van der Waals surface area contributed by atoms with Crippen LogP contribution in [0.2, 0.25) is 0 Å². The lowest BCUT2D eigenvalue weighted by molar-refractivity contribution is 0.479. The van der Waals surface area contributed by atoms with Gasteiger partial charge in [-0.1, -0.05) is 0 Å². The summed E-state index contributed by atoms with van der Waals surface area (Å²) in [5.41, 5.74) is 0.